The summed E-state index contributed by atoms with van der Waals surface area (Å²) >= 11 is 7.92. The summed E-state index contributed by atoms with van der Waals surface area (Å²) in [5.41, 5.74) is 5.75. The second-order valence-corrected chi connectivity index (χ2v) is 12.8. The highest BCUT2D eigenvalue weighted by Gasteiger charge is 2.34. The zero-order valence-corrected chi connectivity index (χ0v) is 26.5. The largest absolute Gasteiger partial charge is 0.492 e. The van der Waals surface area contributed by atoms with E-state index >= 15 is 0 Å². The molecule has 5 nitrogen and oxygen atoms in total. The average molecular weight is 594 g/mol. The first kappa shape index (κ1) is 30.1. The molecular formula is C34H44ClN3O2S. The molecule has 41 heavy (non-hydrogen) atoms. The van der Waals surface area contributed by atoms with Crippen molar-refractivity contribution in [3.8, 4) is 16.9 Å². The number of benzene rings is 2. The molecule has 220 valence electrons. The van der Waals surface area contributed by atoms with Gasteiger partial charge in [0.2, 0.25) is 0 Å². The fourth-order valence-electron chi connectivity index (χ4n) is 6.44. The van der Waals surface area contributed by atoms with Gasteiger partial charge in [0.25, 0.3) is 5.91 Å². The number of carbonyl (C=O) groups excluding carboxylic acids is 1. The molecule has 0 saturated carbocycles. The van der Waals surface area contributed by atoms with Crippen LogP contribution in [0.25, 0.3) is 11.1 Å². The number of carbonyl (C=O) groups is 1. The van der Waals surface area contributed by atoms with Gasteiger partial charge in [-0.25, -0.2) is 0 Å². The summed E-state index contributed by atoms with van der Waals surface area (Å²) in [5.74, 6) is 0.864. The van der Waals surface area contributed by atoms with Crippen molar-refractivity contribution >= 4 is 28.8 Å². The van der Waals surface area contributed by atoms with Crippen LogP contribution >= 0.6 is 22.9 Å². The van der Waals surface area contributed by atoms with Crippen LogP contribution in [0, 0.1) is 0 Å². The van der Waals surface area contributed by atoms with Gasteiger partial charge in [-0.15, -0.1) is 11.3 Å². The third-order valence-electron chi connectivity index (χ3n) is 8.89. The van der Waals surface area contributed by atoms with Crippen molar-refractivity contribution in [2.75, 3.05) is 39.3 Å². The maximum Gasteiger partial charge on any atom is 0.258 e. The number of amides is 1. The number of nitrogens with zero attached hydrogens (tertiary/aromatic N) is 3. The molecule has 2 fully saturated rings. The smallest absolute Gasteiger partial charge is 0.258 e. The molecule has 0 spiro atoms. The van der Waals surface area contributed by atoms with Crippen molar-refractivity contribution in [1.82, 2.24) is 14.7 Å². The molecule has 2 saturated heterocycles. The molecule has 3 heterocycles. The standard InChI is InChI=1S/C34H44ClN3O2S/c1-5-17-40-33-23-41-22-32(33)34(39)36-13-11-31(12-14-36)37-15-16-38(24(3)21-37)25(4)27-7-9-28(10-8-27)29-18-26(6-2)19-30(35)20-29/h7-10,18-20,22-25,31H,5-6,11-17,21H2,1-4H3/t24-,25+/m1/s1. The number of piperazine rings is 1. The molecular weight excluding hydrogens is 550 g/mol. The van der Waals surface area contributed by atoms with Crippen LogP contribution in [0.1, 0.15) is 74.5 Å². The van der Waals surface area contributed by atoms with Crippen molar-refractivity contribution < 1.29 is 9.53 Å². The Morgan fingerprint density at radius 3 is 2.46 bits per heavy atom. The lowest BCUT2D eigenvalue weighted by atomic mass is 9.97. The summed E-state index contributed by atoms with van der Waals surface area (Å²) in [4.78, 5) is 20.5. The molecule has 5 rings (SSSR count). The summed E-state index contributed by atoms with van der Waals surface area (Å²) in [6, 6.07) is 16.8. The first-order valence-corrected chi connectivity index (χ1v) is 16.6. The summed E-state index contributed by atoms with van der Waals surface area (Å²) in [6.45, 7) is 14.4. The van der Waals surface area contributed by atoms with Crippen LogP contribution < -0.4 is 4.74 Å². The third kappa shape index (κ3) is 6.99. The van der Waals surface area contributed by atoms with E-state index in [1.807, 2.05) is 15.7 Å². The topological polar surface area (TPSA) is 36.0 Å². The number of hydrogen-bond acceptors (Lipinski definition) is 5. The van der Waals surface area contributed by atoms with E-state index in [4.69, 9.17) is 16.3 Å². The van der Waals surface area contributed by atoms with Gasteiger partial charge in [0.05, 0.1) is 12.2 Å². The summed E-state index contributed by atoms with van der Waals surface area (Å²) in [6.07, 6.45) is 3.99. The first-order valence-electron chi connectivity index (χ1n) is 15.3. The number of likely N-dealkylation sites (tertiary alicyclic amines) is 1. The fourth-order valence-corrected chi connectivity index (χ4v) is 7.44. The van der Waals surface area contributed by atoms with Crippen LogP contribution in [0.5, 0.6) is 5.75 Å². The van der Waals surface area contributed by atoms with E-state index in [1.165, 1.54) is 22.3 Å². The maximum absolute atomic E-state index is 13.2. The summed E-state index contributed by atoms with van der Waals surface area (Å²) < 4.78 is 5.81. The monoisotopic (exact) mass is 593 g/mol. The zero-order chi connectivity index (χ0) is 28.9. The van der Waals surface area contributed by atoms with Crippen LogP contribution in [0.15, 0.2) is 53.2 Å². The van der Waals surface area contributed by atoms with E-state index in [2.05, 4.69) is 80.0 Å². The number of hydrogen-bond donors (Lipinski definition) is 0. The van der Waals surface area contributed by atoms with E-state index in [9.17, 15) is 4.79 Å². The van der Waals surface area contributed by atoms with Gasteiger partial charge in [0, 0.05) is 66.6 Å². The molecule has 2 atom stereocenters. The number of rotatable bonds is 9. The molecule has 2 aliphatic rings. The fraction of sp³-hybridized carbons (Fsp3) is 0.500. The number of ether oxygens (including phenoxy) is 1. The average Bonchev–Trinajstić information content (AvgIpc) is 3.47. The Morgan fingerprint density at radius 1 is 1.02 bits per heavy atom. The first-order chi connectivity index (χ1) is 19.9. The van der Waals surface area contributed by atoms with Crippen molar-refractivity contribution in [1.29, 1.82) is 0 Å². The van der Waals surface area contributed by atoms with E-state index in [1.54, 1.807) is 11.3 Å². The summed E-state index contributed by atoms with van der Waals surface area (Å²) in [7, 11) is 0. The highest BCUT2D eigenvalue weighted by atomic mass is 35.5. The van der Waals surface area contributed by atoms with Crippen molar-refractivity contribution in [3.63, 3.8) is 0 Å². The Kier molecular flexibility index (Phi) is 10.1. The Balaban J connectivity index is 1.14. The number of aryl methyl sites for hydroxylation is 1. The van der Waals surface area contributed by atoms with Crippen molar-refractivity contribution in [3.05, 3.63) is 74.9 Å². The lowest BCUT2D eigenvalue weighted by Crippen LogP contribution is -2.57. The minimum Gasteiger partial charge on any atom is -0.492 e. The highest BCUT2D eigenvalue weighted by molar-refractivity contribution is 7.08. The minimum absolute atomic E-state index is 0.120. The lowest BCUT2D eigenvalue weighted by molar-refractivity contribution is 0.0135. The van der Waals surface area contributed by atoms with Gasteiger partial charge in [-0.1, -0.05) is 55.8 Å². The summed E-state index contributed by atoms with van der Waals surface area (Å²) in [5, 5.41) is 4.69. The quantitative estimate of drug-likeness (QED) is 0.254. The molecule has 2 aliphatic heterocycles. The van der Waals surface area contributed by atoms with Crippen LogP contribution in [0.2, 0.25) is 5.02 Å². The Bertz CT molecular complexity index is 1300. The number of thiophene rings is 1. The molecule has 0 radical (unpaired) electrons. The van der Waals surface area contributed by atoms with Crippen LogP contribution in [0.3, 0.4) is 0 Å². The Morgan fingerprint density at radius 2 is 1.78 bits per heavy atom. The second kappa shape index (κ2) is 13.7. The molecule has 0 N–H and O–H groups in total. The lowest BCUT2D eigenvalue weighted by Gasteiger charge is -2.47. The van der Waals surface area contributed by atoms with Gasteiger partial charge in [-0.3, -0.25) is 14.6 Å². The van der Waals surface area contributed by atoms with E-state index in [0.717, 1.165) is 74.7 Å². The second-order valence-electron chi connectivity index (χ2n) is 11.6. The van der Waals surface area contributed by atoms with Gasteiger partial charge in [-0.2, -0.15) is 0 Å². The molecule has 0 bridgehead atoms. The number of piperidine rings is 1. The normalized spacial score (nSPS) is 19.8. The zero-order valence-electron chi connectivity index (χ0n) is 24.9. The SMILES string of the molecule is CCCOc1cscc1C(=O)N1CCC(N2CCN([C@@H](C)c3ccc(-c4cc(Cl)cc(CC)c4)cc3)[C@H](C)C2)CC1. The molecule has 3 aromatic rings. The van der Waals surface area contributed by atoms with E-state index < -0.39 is 0 Å². The van der Waals surface area contributed by atoms with Crippen LogP contribution in [-0.2, 0) is 6.42 Å². The Labute approximate surface area is 255 Å². The Hall–Kier alpha value is -2.38. The van der Waals surface area contributed by atoms with E-state index in [-0.39, 0.29) is 5.91 Å². The van der Waals surface area contributed by atoms with E-state index in [0.29, 0.717) is 24.7 Å². The molecule has 1 amide bonds. The van der Waals surface area contributed by atoms with Gasteiger partial charge in [0.1, 0.15) is 5.75 Å². The van der Waals surface area contributed by atoms with Gasteiger partial charge >= 0.3 is 0 Å². The van der Waals surface area contributed by atoms with Gasteiger partial charge < -0.3 is 9.64 Å². The van der Waals surface area contributed by atoms with Crippen LogP contribution in [0.4, 0.5) is 0 Å². The predicted octanol–water partition coefficient (Wildman–Crippen LogP) is 7.79. The minimum atomic E-state index is 0.120. The van der Waals surface area contributed by atoms with Gasteiger partial charge in [0.15, 0.2) is 0 Å². The molecule has 7 heteroatoms. The van der Waals surface area contributed by atoms with Crippen LogP contribution in [-0.4, -0.2) is 72.0 Å². The molecule has 2 aromatic carbocycles. The van der Waals surface area contributed by atoms with Crippen molar-refractivity contribution in [2.24, 2.45) is 0 Å². The van der Waals surface area contributed by atoms with Gasteiger partial charge in [-0.05, 0) is 73.9 Å². The molecule has 0 unspecified atom stereocenters. The number of halogens is 1. The highest BCUT2D eigenvalue weighted by Crippen LogP contribution is 2.31. The predicted molar refractivity (Wildman–Crippen MR) is 171 cm³/mol. The molecule has 1 aromatic heterocycles. The molecule has 0 aliphatic carbocycles. The van der Waals surface area contributed by atoms with Crippen molar-refractivity contribution in [2.45, 2.75) is 71.5 Å². The maximum atomic E-state index is 13.2. The third-order valence-corrected chi connectivity index (χ3v) is 9.83.